The Kier molecular flexibility index (Phi) is 3.32. The summed E-state index contributed by atoms with van der Waals surface area (Å²) in [6.07, 6.45) is 2.01. The average molecular weight is 338 g/mol. The molecule has 0 aliphatic carbocycles. The molecule has 0 aliphatic heterocycles. The largest absolute Gasteiger partial charge is 0.488 e. The molecule has 3 aromatic carbocycles. The van der Waals surface area contributed by atoms with Crippen molar-refractivity contribution in [1.29, 1.82) is 0 Å². The summed E-state index contributed by atoms with van der Waals surface area (Å²) in [5.41, 5.74) is 5.37. The van der Waals surface area contributed by atoms with E-state index in [0.29, 0.717) is 5.46 Å². The van der Waals surface area contributed by atoms with Gasteiger partial charge >= 0.3 is 7.12 Å². The first-order valence-corrected chi connectivity index (χ1v) is 8.47. The maximum Gasteiger partial charge on any atom is 0.488 e. The summed E-state index contributed by atoms with van der Waals surface area (Å²) in [7, 11) is -1.49. The number of imidazole rings is 1. The third-order valence-corrected chi connectivity index (χ3v) is 4.82. The number of pyridine rings is 1. The standard InChI is InChI=1S/C21H15BN2O2/c25-22(26)15-7-5-6-14(12-15)18-13-19-21(17-9-2-1-8-16(17)18)23-20-10-3-4-11-24(19)20/h1-13,25-26H. The van der Waals surface area contributed by atoms with Crippen molar-refractivity contribution in [3.8, 4) is 11.1 Å². The molecule has 0 radical (unpaired) electrons. The summed E-state index contributed by atoms with van der Waals surface area (Å²) in [5.74, 6) is 0. The molecule has 26 heavy (non-hydrogen) atoms. The number of rotatable bonds is 2. The van der Waals surface area contributed by atoms with Gasteiger partial charge < -0.3 is 10.0 Å². The van der Waals surface area contributed by atoms with Gasteiger partial charge in [-0.2, -0.15) is 0 Å². The first kappa shape index (κ1) is 15.1. The fraction of sp³-hybridized carbons (Fsp3) is 0. The summed E-state index contributed by atoms with van der Waals surface area (Å²) < 4.78 is 2.08. The highest BCUT2D eigenvalue weighted by Crippen LogP contribution is 2.34. The van der Waals surface area contributed by atoms with E-state index in [0.717, 1.165) is 38.6 Å². The predicted molar refractivity (Wildman–Crippen MR) is 105 cm³/mol. The number of aromatic nitrogens is 2. The zero-order chi connectivity index (χ0) is 17.7. The molecule has 5 rings (SSSR count). The highest BCUT2D eigenvalue weighted by atomic mass is 16.4. The first-order chi connectivity index (χ1) is 12.7. The Labute approximate surface area is 150 Å². The van der Waals surface area contributed by atoms with E-state index in [1.54, 1.807) is 6.07 Å². The molecule has 0 saturated heterocycles. The van der Waals surface area contributed by atoms with Crippen LogP contribution in [0.5, 0.6) is 0 Å². The molecule has 124 valence electrons. The summed E-state index contributed by atoms with van der Waals surface area (Å²) in [4.78, 5) is 4.81. The Morgan fingerprint density at radius 2 is 1.62 bits per heavy atom. The van der Waals surface area contributed by atoms with Gasteiger partial charge in [0, 0.05) is 11.6 Å². The van der Waals surface area contributed by atoms with Crippen molar-refractivity contribution in [2.75, 3.05) is 0 Å². The second kappa shape index (κ2) is 5.69. The summed E-state index contributed by atoms with van der Waals surface area (Å²) >= 11 is 0. The van der Waals surface area contributed by atoms with Gasteiger partial charge in [-0.25, -0.2) is 4.98 Å². The molecule has 0 bridgehead atoms. The van der Waals surface area contributed by atoms with Crippen LogP contribution in [0.4, 0.5) is 0 Å². The molecule has 0 amide bonds. The van der Waals surface area contributed by atoms with Crippen molar-refractivity contribution >= 4 is 40.0 Å². The minimum absolute atomic E-state index is 0.477. The molecule has 0 fully saturated rings. The zero-order valence-corrected chi connectivity index (χ0v) is 13.9. The Bertz CT molecular complexity index is 1280. The van der Waals surface area contributed by atoms with Gasteiger partial charge in [-0.15, -0.1) is 0 Å². The van der Waals surface area contributed by atoms with Crippen LogP contribution < -0.4 is 5.46 Å². The van der Waals surface area contributed by atoms with E-state index in [9.17, 15) is 10.0 Å². The quantitative estimate of drug-likeness (QED) is 0.487. The van der Waals surface area contributed by atoms with E-state index >= 15 is 0 Å². The minimum atomic E-state index is -1.49. The molecule has 5 heteroatoms. The van der Waals surface area contributed by atoms with Crippen LogP contribution in [0.25, 0.3) is 38.6 Å². The topological polar surface area (TPSA) is 57.8 Å². The highest BCUT2D eigenvalue weighted by Gasteiger charge is 2.15. The number of hydrogen-bond donors (Lipinski definition) is 2. The number of nitrogens with zero attached hydrogens (tertiary/aromatic N) is 2. The maximum absolute atomic E-state index is 9.53. The van der Waals surface area contributed by atoms with Crippen LogP contribution in [0.1, 0.15) is 0 Å². The number of benzene rings is 3. The first-order valence-electron chi connectivity index (χ1n) is 8.47. The lowest BCUT2D eigenvalue weighted by Crippen LogP contribution is -2.29. The van der Waals surface area contributed by atoms with Crippen molar-refractivity contribution in [2.24, 2.45) is 0 Å². The van der Waals surface area contributed by atoms with Crippen LogP contribution >= 0.6 is 0 Å². The molecule has 2 heterocycles. The number of hydrogen-bond acceptors (Lipinski definition) is 3. The van der Waals surface area contributed by atoms with Crippen LogP contribution in [-0.4, -0.2) is 26.6 Å². The Morgan fingerprint density at radius 3 is 2.46 bits per heavy atom. The third-order valence-electron chi connectivity index (χ3n) is 4.82. The van der Waals surface area contributed by atoms with Crippen molar-refractivity contribution in [2.45, 2.75) is 0 Å². The summed E-state index contributed by atoms with van der Waals surface area (Å²) in [6.45, 7) is 0. The summed E-state index contributed by atoms with van der Waals surface area (Å²) in [6, 6.07) is 23.7. The van der Waals surface area contributed by atoms with E-state index in [4.69, 9.17) is 4.98 Å². The van der Waals surface area contributed by atoms with Gasteiger partial charge in [0.2, 0.25) is 0 Å². The molecule has 2 aromatic heterocycles. The molecule has 0 saturated carbocycles. The predicted octanol–water partition coefficient (Wildman–Crippen LogP) is 2.99. The van der Waals surface area contributed by atoms with Gasteiger partial charge in [-0.05, 0) is 40.2 Å². The molecule has 0 spiro atoms. The van der Waals surface area contributed by atoms with Gasteiger partial charge in [0.1, 0.15) is 5.65 Å². The molecular formula is C21H15BN2O2. The maximum atomic E-state index is 9.53. The Morgan fingerprint density at radius 1 is 0.808 bits per heavy atom. The second-order valence-electron chi connectivity index (χ2n) is 6.38. The van der Waals surface area contributed by atoms with Gasteiger partial charge in [-0.3, -0.25) is 4.40 Å². The molecule has 0 unspecified atom stereocenters. The molecule has 0 atom stereocenters. The molecule has 2 N–H and O–H groups in total. The monoisotopic (exact) mass is 338 g/mol. The lowest BCUT2D eigenvalue weighted by Gasteiger charge is -2.10. The van der Waals surface area contributed by atoms with E-state index in [1.165, 1.54) is 0 Å². The van der Waals surface area contributed by atoms with Crippen molar-refractivity contribution < 1.29 is 10.0 Å². The fourth-order valence-electron chi connectivity index (χ4n) is 3.60. The number of fused-ring (bicyclic) bond motifs is 5. The van der Waals surface area contributed by atoms with Crippen molar-refractivity contribution in [1.82, 2.24) is 9.38 Å². The van der Waals surface area contributed by atoms with Gasteiger partial charge in [0.15, 0.2) is 0 Å². The third kappa shape index (κ3) is 2.22. The van der Waals surface area contributed by atoms with Crippen LogP contribution in [0.3, 0.4) is 0 Å². The average Bonchev–Trinajstić information content (AvgIpc) is 3.06. The SMILES string of the molecule is OB(O)c1cccc(-c2cc3c(nc4ccccn43)c3ccccc23)c1. The Balaban J connectivity index is 1.92. The van der Waals surface area contributed by atoms with E-state index in [-0.39, 0.29) is 0 Å². The van der Waals surface area contributed by atoms with Crippen LogP contribution in [0.2, 0.25) is 0 Å². The minimum Gasteiger partial charge on any atom is -0.423 e. The van der Waals surface area contributed by atoms with E-state index < -0.39 is 7.12 Å². The van der Waals surface area contributed by atoms with Gasteiger partial charge in [0.25, 0.3) is 0 Å². The van der Waals surface area contributed by atoms with Crippen LogP contribution in [0.15, 0.2) is 79.0 Å². The van der Waals surface area contributed by atoms with Crippen LogP contribution in [0, 0.1) is 0 Å². The van der Waals surface area contributed by atoms with E-state index in [2.05, 4.69) is 22.6 Å². The lowest BCUT2D eigenvalue weighted by atomic mass is 9.79. The fourth-order valence-corrected chi connectivity index (χ4v) is 3.60. The van der Waals surface area contributed by atoms with Crippen LogP contribution in [-0.2, 0) is 0 Å². The zero-order valence-electron chi connectivity index (χ0n) is 13.9. The van der Waals surface area contributed by atoms with Crippen molar-refractivity contribution in [3.05, 3.63) is 79.0 Å². The lowest BCUT2D eigenvalue weighted by molar-refractivity contribution is 0.426. The smallest absolute Gasteiger partial charge is 0.423 e. The van der Waals surface area contributed by atoms with Gasteiger partial charge in [-0.1, -0.05) is 54.6 Å². The molecule has 0 aliphatic rings. The highest BCUT2D eigenvalue weighted by molar-refractivity contribution is 6.58. The molecular weight excluding hydrogens is 323 g/mol. The molecule has 4 nitrogen and oxygen atoms in total. The summed E-state index contributed by atoms with van der Waals surface area (Å²) in [5, 5.41) is 21.2. The van der Waals surface area contributed by atoms with Crippen molar-refractivity contribution in [3.63, 3.8) is 0 Å². The Hall–Kier alpha value is -3.15. The van der Waals surface area contributed by atoms with Gasteiger partial charge in [0.05, 0.1) is 11.0 Å². The normalized spacial score (nSPS) is 11.5. The molecule has 5 aromatic rings. The van der Waals surface area contributed by atoms with E-state index in [1.807, 2.05) is 54.7 Å². The second-order valence-corrected chi connectivity index (χ2v) is 6.38.